The van der Waals surface area contributed by atoms with Crippen LogP contribution in [0.4, 0.5) is 11.4 Å². The first-order chi connectivity index (χ1) is 17.2. The zero-order valence-corrected chi connectivity index (χ0v) is 19.9. The minimum atomic E-state index is 0.599. The van der Waals surface area contributed by atoms with Crippen molar-refractivity contribution < 1.29 is 14.2 Å². The Labute approximate surface area is 207 Å². The van der Waals surface area contributed by atoms with Gasteiger partial charge in [-0.05, 0) is 85.3 Å². The summed E-state index contributed by atoms with van der Waals surface area (Å²) in [5.74, 6) is 2.87. The lowest BCUT2D eigenvalue weighted by Crippen LogP contribution is -2.01. The molecule has 0 atom stereocenters. The number of anilines is 2. The third-order valence-corrected chi connectivity index (χ3v) is 5.60. The van der Waals surface area contributed by atoms with Crippen molar-refractivity contribution in [1.82, 2.24) is 0 Å². The molecular weight excluding hydrogens is 436 g/mol. The van der Waals surface area contributed by atoms with Gasteiger partial charge in [0.15, 0.2) is 11.5 Å². The zero-order chi connectivity index (χ0) is 24.3. The van der Waals surface area contributed by atoms with E-state index in [-0.39, 0.29) is 0 Å². The quantitative estimate of drug-likeness (QED) is 0.168. The Bertz CT molecular complexity index is 1180. The van der Waals surface area contributed by atoms with Gasteiger partial charge in [-0.25, -0.2) is 0 Å². The molecule has 0 aromatic heterocycles. The topological polar surface area (TPSA) is 79.7 Å². The number of nitrogen functional groups attached to an aromatic ring is 2. The Morgan fingerprint density at radius 3 is 1.80 bits per heavy atom. The van der Waals surface area contributed by atoms with Crippen molar-refractivity contribution in [2.45, 2.75) is 25.7 Å². The molecule has 0 fully saturated rings. The molecular formula is C30H32N2O3. The van der Waals surface area contributed by atoms with Gasteiger partial charge in [0.05, 0.1) is 13.2 Å². The van der Waals surface area contributed by atoms with Crippen LogP contribution in [0, 0.1) is 0 Å². The smallest absolute Gasteiger partial charge is 0.171 e. The molecule has 0 aliphatic heterocycles. The fraction of sp³-hybridized carbons (Fsp3) is 0.200. The van der Waals surface area contributed by atoms with Crippen molar-refractivity contribution in [3.05, 3.63) is 97.1 Å². The molecule has 5 heteroatoms. The second-order valence-electron chi connectivity index (χ2n) is 8.38. The Kier molecular flexibility index (Phi) is 8.49. The summed E-state index contributed by atoms with van der Waals surface area (Å²) >= 11 is 0. The largest absolute Gasteiger partial charge is 0.494 e. The van der Waals surface area contributed by atoms with Crippen LogP contribution >= 0.6 is 0 Å². The molecule has 4 aromatic carbocycles. The number of hydrogen-bond donors (Lipinski definition) is 2. The molecule has 0 bridgehead atoms. The summed E-state index contributed by atoms with van der Waals surface area (Å²) in [6, 6.07) is 31.3. The molecule has 180 valence electrons. The molecule has 4 rings (SSSR count). The second kappa shape index (κ2) is 12.4. The molecule has 0 radical (unpaired) electrons. The van der Waals surface area contributed by atoms with Gasteiger partial charge in [-0.3, -0.25) is 0 Å². The highest BCUT2D eigenvalue weighted by Crippen LogP contribution is 2.34. The summed E-state index contributed by atoms with van der Waals surface area (Å²) in [4.78, 5) is 0. The first-order valence-corrected chi connectivity index (χ1v) is 12.0. The van der Waals surface area contributed by atoms with Gasteiger partial charge in [-0.2, -0.15) is 0 Å². The van der Waals surface area contributed by atoms with Crippen LogP contribution in [0.3, 0.4) is 0 Å². The van der Waals surface area contributed by atoms with E-state index in [0.717, 1.165) is 31.4 Å². The average molecular weight is 469 g/mol. The van der Waals surface area contributed by atoms with Gasteiger partial charge in [-0.1, -0.05) is 42.5 Å². The molecule has 35 heavy (non-hydrogen) atoms. The van der Waals surface area contributed by atoms with Crippen molar-refractivity contribution in [3.63, 3.8) is 0 Å². The number of hydrogen-bond acceptors (Lipinski definition) is 5. The molecule has 4 N–H and O–H groups in total. The fourth-order valence-corrected chi connectivity index (χ4v) is 3.69. The standard InChI is InChI=1S/C30H32N2O3/c31-25-12-17-28(18-13-25)35-30-22-26(32)14-19-29(30)34-21-7-2-1-6-20-33-27-15-10-24(11-16-27)23-8-4-3-5-9-23/h3-5,8-19,22H,1-2,6-7,20-21,31-32H2. The van der Waals surface area contributed by atoms with E-state index in [4.69, 9.17) is 25.7 Å². The van der Waals surface area contributed by atoms with Gasteiger partial charge < -0.3 is 25.7 Å². The van der Waals surface area contributed by atoms with E-state index >= 15 is 0 Å². The van der Waals surface area contributed by atoms with Gasteiger partial charge in [0.25, 0.3) is 0 Å². The monoisotopic (exact) mass is 468 g/mol. The molecule has 0 amide bonds. The van der Waals surface area contributed by atoms with Crippen LogP contribution in [0.2, 0.25) is 0 Å². The Morgan fingerprint density at radius 1 is 0.486 bits per heavy atom. The lowest BCUT2D eigenvalue weighted by molar-refractivity contribution is 0.281. The predicted molar refractivity (Wildman–Crippen MR) is 143 cm³/mol. The van der Waals surface area contributed by atoms with Gasteiger partial charge in [0.1, 0.15) is 11.5 Å². The normalized spacial score (nSPS) is 10.6. The summed E-state index contributed by atoms with van der Waals surface area (Å²) < 4.78 is 17.8. The molecule has 0 saturated carbocycles. The minimum absolute atomic E-state index is 0.599. The van der Waals surface area contributed by atoms with Crippen molar-refractivity contribution in [1.29, 1.82) is 0 Å². The van der Waals surface area contributed by atoms with Gasteiger partial charge in [0.2, 0.25) is 0 Å². The number of nitrogens with two attached hydrogens (primary N) is 2. The van der Waals surface area contributed by atoms with Crippen molar-refractivity contribution in [2.24, 2.45) is 0 Å². The van der Waals surface area contributed by atoms with E-state index in [2.05, 4.69) is 36.4 Å². The van der Waals surface area contributed by atoms with Crippen molar-refractivity contribution in [3.8, 4) is 34.1 Å². The second-order valence-corrected chi connectivity index (χ2v) is 8.38. The van der Waals surface area contributed by atoms with E-state index in [1.54, 1.807) is 18.2 Å². The third kappa shape index (κ3) is 7.44. The molecule has 0 unspecified atom stereocenters. The molecule has 5 nitrogen and oxygen atoms in total. The number of ether oxygens (including phenoxy) is 3. The van der Waals surface area contributed by atoms with E-state index < -0.39 is 0 Å². The zero-order valence-electron chi connectivity index (χ0n) is 19.9. The fourth-order valence-electron chi connectivity index (χ4n) is 3.69. The lowest BCUT2D eigenvalue weighted by atomic mass is 10.1. The minimum Gasteiger partial charge on any atom is -0.494 e. The number of benzene rings is 4. The van der Waals surface area contributed by atoms with E-state index in [9.17, 15) is 0 Å². The summed E-state index contributed by atoms with van der Waals surface area (Å²) in [6.45, 7) is 1.33. The first-order valence-electron chi connectivity index (χ1n) is 12.0. The Morgan fingerprint density at radius 2 is 1.09 bits per heavy atom. The van der Waals surface area contributed by atoms with E-state index in [0.29, 0.717) is 41.8 Å². The van der Waals surface area contributed by atoms with Gasteiger partial charge >= 0.3 is 0 Å². The van der Waals surface area contributed by atoms with Crippen LogP contribution in [-0.2, 0) is 0 Å². The highest BCUT2D eigenvalue weighted by atomic mass is 16.5. The summed E-state index contributed by atoms with van der Waals surface area (Å²) in [5, 5.41) is 0. The molecule has 0 heterocycles. The highest BCUT2D eigenvalue weighted by molar-refractivity contribution is 5.63. The van der Waals surface area contributed by atoms with Gasteiger partial charge in [0, 0.05) is 17.4 Å². The summed E-state index contributed by atoms with van der Waals surface area (Å²) in [6.07, 6.45) is 4.12. The van der Waals surface area contributed by atoms with E-state index in [1.165, 1.54) is 11.1 Å². The highest BCUT2D eigenvalue weighted by Gasteiger charge is 2.08. The maximum atomic E-state index is 5.98. The van der Waals surface area contributed by atoms with Crippen LogP contribution in [-0.4, -0.2) is 13.2 Å². The van der Waals surface area contributed by atoms with Gasteiger partial charge in [-0.15, -0.1) is 0 Å². The van der Waals surface area contributed by atoms with Crippen LogP contribution < -0.4 is 25.7 Å². The third-order valence-electron chi connectivity index (χ3n) is 5.60. The number of rotatable bonds is 12. The van der Waals surface area contributed by atoms with Crippen LogP contribution in [0.1, 0.15) is 25.7 Å². The van der Waals surface area contributed by atoms with E-state index in [1.807, 2.05) is 42.5 Å². The molecule has 0 saturated heterocycles. The van der Waals surface area contributed by atoms with Crippen LogP contribution in [0.15, 0.2) is 97.1 Å². The van der Waals surface area contributed by atoms with Crippen LogP contribution in [0.5, 0.6) is 23.0 Å². The SMILES string of the molecule is Nc1ccc(Oc2cc(N)ccc2OCCCCCCOc2ccc(-c3ccccc3)cc2)cc1. The maximum Gasteiger partial charge on any atom is 0.171 e. The lowest BCUT2D eigenvalue weighted by Gasteiger charge is -2.13. The average Bonchev–Trinajstić information content (AvgIpc) is 2.89. The summed E-state index contributed by atoms with van der Waals surface area (Å²) in [5.41, 5.74) is 15.4. The molecule has 0 spiro atoms. The van der Waals surface area contributed by atoms with Crippen LogP contribution in [0.25, 0.3) is 11.1 Å². The maximum absolute atomic E-state index is 5.98. The first kappa shape index (κ1) is 24.0. The van der Waals surface area contributed by atoms with Crippen molar-refractivity contribution >= 4 is 11.4 Å². The number of unbranched alkanes of at least 4 members (excludes halogenated alkanes) is 3. The van der Waals surface area contributed by atoms with Crippen molar-refractivity contribution in [2.75, 3.05) is 24.7 Å². The molecule has 4 aromatic rings. The molecule has 0 aliphatic carbocycles. The Balaban J connectivity index is 1.14. The molecule has 0 aliphatic rings. The predicted octanol–water partition coefficient (Wildman–Crippen LogP) is 7.33. The summed E-state index contributed by atoms with van der Waals surface area (Å²) in [7, 11) is 0. The Hall–Kier alpha value is -4.12.